The van der Waals surface area contributed by atoms with E-state index in [2.05, 4.69) is 15.6 Å². The molecule has 3 rings (SSSR count). The maximum Gasteiger partial charge on any atom is 0.191 e. The third-order valence-corrected chi connectivity index (χ3v) is 6.59. The van der Waals surface area contributed by atoms with Crippen LogP contribution in [-0.2, 0) is 16.4 Å². The minimum absolute atomic E-state index is 0.175. The zero-order valence-electron chi connectivity index (χ0n) is 13.9. The minimum Gasteiger partial charge on any atom is -0.356 e. The fourth-order valence-corrected chi connectivity index (χ4v) is 4.88. The highest BCUT2D eigenvalue weighted by Gasteiger charge is 2.28. The van der Waals surface area contributed by atoms with Gasteiger partial charge in [0.1, 0.15) is 0 Å². The molecule has 0 bridgehead atoms. The lowest BCUT2D eigenvalue weighted by atomic mass is 10.1. The summed E-state index contributed by atoms with van der Waals surface area (Å²) >= 11 is 6.06. The second-order valence-corrected chi connectivity index (χ2v) is 9.47. The van der Waals surface area contributed by atoms with Crippen molar-refractivity contribution in [3.63, 3.8) is 0 Å². The fraction of sp³-hybridized carbons (Fsp3) is 0.588. The van der Waals surface area contributed by atoms with E-state index in [1.165, 1.54) is 0 Å². The summed E-state index contributed by atoms with van der Waals surface area (Å²) in [6.07, 6.45) is 3.06. The molecular formula is C17H24ClN3O2S. The molecule has 1 aromatic carbocycles. The molecule has 132 valence electrons. The first-order chi connectivity index (χ1) is 11.4. The predicted molar refractivity (Wildman–Crippen MR) is 98.2 cm³/mol. The van der Waals surface area contributed by atoms with Crippen molar-refractivity contribution >= 4 is 27.4 Å². The van der Waals surface area contributed by atoms with Crippen LogP contribution in [0.1, 0.15) is 30.4 Å². The number of halogens is 1. The van der Waals surface area contributed by atoms with E-state index in [4.69, 9.17) is 11.6 Å². The maximum absolute atomic E-state index is 11.6. The molecule has 1 unspecified atom stereocenters. The summed E-state index contributed by atoms with van der Waals surface area (Å²) in [6.45, 7) is 3.25. The highest BCUT2D eigenvalue weighted by atomic mass is 35.5. The Labute approximate surface area is 148 Å². The van der Waals surface area contributed by atoms with Gasteiger partial charge in [-0.25, -0.2) is 13.4 Å². The van der Waals surface area contributed by atoms with Crippen LogP contribution >= 0.6 is 11.6 Å². The van der Waals surface area contributed by atoms with E-state index in [9.17, 15) is 8.42 Å². The number of hydrogen-bond acceptors (Lipinski definition) is 3. The quantitative estimate of drug-likeness (QED) is 0.617. The van der Waals surface area contributed by atoms with Gasteiger partial charge in [0.2, 0.25) is 0 Å². The molecule has 0 radical (unpaired) electrons. The van der Waals surface area contributed by atoms with Crippen molar-refractivity contribution < 1.29 is 8.42 Å². The molecule has 1 atom stereocenters. The molecule has 1 heterocycles. The lowest BCUT2D eigenvalue weighted by molar-refractivity contribution is 0.566. The molecule has 24 heavy (non-hydrogen) atoms. The standard InChI is InChI=1S/C17H24ClN3O2S/c1-12-2-3-15(18)8-14(12)10-20-17(21-16-4-5-16)19-9-13-6-7-24(22,23)11-13/h2-3,8,13,16H,4-7,9-11H2,1H3,(H2,19,20,21). The zero-order valence-corrected chi connectivity index (χ0v) is 15.5. The van der Waals surface area contributed by atoms with Crippen LogP contribution in [0, 0.1) is 12.8 Å². The minimum atomic E-state index is -2.83. The van der Waals surface area contributed by atoms with Crippen LogP contribution in [0.2, 0.25) is 5.02 Å². The highest BCUT2D eigenvalue weighted by molar-refractivity contribution is 7.91. The summed E-state index contributed by atoms with van der Waals surface area (Å²) in [6, 6.07) is 6.31. The van der Waals surface area contributed by atoms with E-state index in [0.717, 1.165) is 36.3 Å². The number of nitrogens with zero attached hydrogens (tertiary/aromatic N) is 1. The normalized spacial score (nSPS) is 23.2. The molecule has 7 heteroatoms. The molecule has 2 aliphatic rings. The van der Waals surface area contributed by atoms with Crippen LogP contribution in [0.4, 0.5) is 0 Å². The summed E-state index contributed by atoms with van der Waals surface area (Å²) in [7, 11) is -2.83. The fourth-order valence-electron chi connectivity index (χ4n) is 2.82. The average Bonchev–Trinajstić information content (AvgIpc) is 3.27. The topological polar surface area (TPSA) is 70.6 Å². The summed E-state index contributed by atoms with van der Waals surface area (Å²) in [5.74, 6) is 1.53. The molecule has 1 aliphatic carbocycles. The van der Waals surface area contributed by atoms with Crippen LogP contribution in [0.5, 0.6) is 0 Å². The summed E-state index contributed by atoms with van der Waals surface area (Å²) in [4.78, 5) is 4.66. The van der Waals surface area contributed by atoms with Crippen molar-refractivity contribution in [3.05, 3.63) is 34.3 Å². The Morgan fingerprint density at radius 2 is 2.12 bits per heavy atom. The zero-order chi connectivity index (χ0) is 17.2. The van der Waals surface area contributed by atoms with E-state index in [1.54, 1.807) is 0 Å². The van der Waals surface area contributed by atoms with Gasteiger partial charge >= 0.3 is 0 Å². The lowest BCUT2D eigenvalue weighted by Gasteiger charge is -2.15. The largest absolute Gasteiger partial charge is 0.356 e. The van der Waals surface area contributed by atoms with E-state index in [0.29, 0.717) is 29.9 Å². The van der Waals surface area contributed by atoms with Gasteiger partial charge in [-0.05, 0) is 55.4 Å². The number of sulfone groups is 1. The smallest absolute Gasteiger partial charge is 0.191 e. The van der Waals surface area contributed by atoms with Crippen molar-refractivity contribution in [2.75, 3.05) is 18.1 Å². The monoisotopic (exact) mass is 369 g/mol. The van der Waals surface area contributed by atoms with Crippen LogP contribution in [0.3, 0.4) is 0 Å². The van der Waals surface area contributed by atoms with Crippen LogP contribution in [0.25, 0.3) is 0 Å². The van der Waals surface area contributed by atoms with E-state index < -0.39 is 9.84 Å². The van der Waals surface area contributed by atoms with E-state index >= 15 is 0 Å². The molecule has 0 spiro atoms. The molecule has 1 saturated carbocycles. The maximum atomic E-state index is 11.6. The highest BCUT2D eigenvalue weighted by Crippen LogP contribution is 2.20. The molecule has 2 N–H and O–H groups in total. The SMILES string of the molecule is Cc1ccc(Cl)cc1CN=C(NCC1CCS(=O)(=O)C1)NC1CC1. The van der Waals surface area contributed by atoms with Gasteiger partial charge in [0, 0.05) is 17.6 Å². The number of rotatable bonds is 5. The lowest BCUT2D eigenvalue weighted by Crippen LogP contribution is -2.41. The van der Waals surface area contributed by atoms with Crippen molar-refractivity contribution in [2.24, 2.45) is 10.9 Å². The first-order valence-corrected chi connectivity index (χ1v) is 10.6. The average molecular weight is 370 g/mol. The van der Waals surface area contributed by atoms with Crippen LogP contribution < -0.4 is 10.6 Å². The molecule has 1 aliphatic heterocycles. The van der Waals surface area contributed by atoms with Gasteiger partial charge in [-0.1, -0.05) is 17.7 Å². The Balaban J connectivity index is 1.61. The summed E-state index contributed by atoms with van der Waals surface area (Å²) in [5, 5.41) is 7.43. The van der Waals surface area contributed by atoms with Gasteiger partial charge in [0.05, 0.1) is 18.1 Å². The number of aryl methyl sites for hydroxylation is 1. The van der Waals surface area contributed by atoms with E-state index in [1.807, 2.05) is 25.1 Å². The number of hydrogen-bond donors (Lipinski definition) is 2. The second-order valence-electron chi connectivity index (χ2n) is 6.80. The van der Waals surface area contributed by atoms with Gasteiger partial charge in [-0.3, -0.25) is 0 Å². The van der Waals surface area contributed by atoms with E-state index in [-0.39, 0.29) is 11.7 Å². The van der Waals surface area contributed by atoms with Gasteiger partial charge in [-0.15, -0.1) is 0 Å². The van der Waals surface area contributed by atoms with Gasteiger partial charge < -0.3 is 10.6 Å². The third-order valence-electron chi connectivity index (χ3n) is 4.52. The number of guanidine groups is 1. The Morgan fingerprint density at radius 1 is 1.33 bits per heavy atom. The number of nitrogens with one attached hydrogen (secondary N) is 2. The van der Waals surface area contributed by atoms with Gasteiger partial charge in [0.25, 0.3) is 0 Å². The van der Waals surface area contributed by atoms with Crippen molar-refractivity contribution in [1.82, 2.24) is 10.6 Å². The number of aliphatic imine (C=N–C) groups is 1. The molecule has 5 nitrogen and oxygen atoms in total. The summed E-state index contributed by atoms with van der Waals surface area (Å²) in [5.41, 5.74) is 2.26. The predicted octanol–water partition coefficient (Wildman–Crippen LogP) is 2.28. The molecular weight excluding hydrogens is 346 g/mol. The molecule has 0 amide bonds. The molecule has 1 aromatic rings. The first-order valence-electron chi connectivity index (χ1n) is 8.41. The molecule has 1 saturated heterocycles. The summed E-state index contributed by atoms with van der Waals surface area (Å²) < 4.78 is 23.1. The van der Waals surface area contributed by atoms with Gasteiger partial charge in [-0.2, -0.15) is 0 Å². The molecule has 2 fully saturated rings. The first kappa shape index (κ1) is 17.5. The van der Waals surface area contributed by atoms with Gasteiger partial charge in [0.15, 0.2) is 15.8 Å². The Bertz CT molecular complexity index is 729. The van der Waals surface area contributed by atoms with Crippen LogP contribution in [-0.4, -0.2) is 38.5 Å². The molecule has 0 aromatic heterocycles. The number of benzene rings is 1. The Morgan fingerprint density at radius 3 is 2.79 bits per heavy atom. The van der Waals surface area contributed by atoms with Crippen molar-refractivity contribution in [3.8, 4) is 0 Å². The Hall–Kier alpha value is -1.27. The van der Waals surface area contributed by atoms with Crippen LogP contribution in [0.15, 0.2) is 23.2 Å². The Kier molecular flexibility index (Phi) is 5.35. The second kappa shape index (κ2) is 7.31. The third kappa shape index (κ3) is 5.11. The van der Waals surface area contributed by atoms with Crippen molar-refractivity contribution in [2.45, 2.75) is 38.8 Å². The van der Waals surface area contributed by atoms with Crippen molar-refractivity contribution in [1.29, 1.82) is 0 Å².